The van der Waals surface area contributed by atoms with Gasteiger partial charge >= 0.3 is 0 Å². The maximum atomic E-state index is 0. The summed E-state index contributed by atoms with van der Waals surface area (Å²) >= 11 is 0. The SMILES string of the molecule is [Ag].[Ag].[Ag].[Ag].[Ag].[Ag].[Ag].[Hg].[Hg]. The molecule has 0 atom stereocenters. The van der Waals surface area contributed by atoms with E-state index < -0.39 is 0 Å². The molecule has 0 rings (SSSR count). The topological polar surface area (TPSA) is 0 Å². The van der Waals surface area contributed by atoms with Crippen molar-refractivity contribution in [2.24, 2.45) is 0 Å². The van der Waals surface area contributed by atoms with Crippen molar-refractivity contribution in [3.05, 3.63) is 0 Å². The van der Waals surface area contributed by atoms with E-state index in [9.17, 15) is 0 Å². The number of hydrogen-bond donors (Lipinski definition) is 0. The second-order valence-electron chi connectivity index (χ2n) is 0. The van der Waals surface area contributed by atoms with Crippen LogP contribution in [0.25, 0.3) is 0 Å². The molecule has 0 aromatic rings. The molecule has 0 amide bonds. The molecular formula is Ag7Hg2. The standard InChI is InChI=1S/7Ag.2Hg. The van der Waals surface area contributed by atoms with Crippen LogP contribution in [-0.4, -0.2) is 0 Å². The molecule has 7 radical (unpaired) electrons. The molecule has 0 unspecified atom stereocenters. The van der Waals surface area contributed by atoms with Crippen LogP contribution >= 0.6 is 0 Å². The van der Waals surface area contributed by atoms with Gasteiger partial charge in [0, 0.05) is 212 Å². The Balaban J connectivity index is 0. The molecule has 0 aliphatic rings. The van der Waals surface area contributed by atoms with E-state index >= 15 is 0 Å². The number of hydrogen-bond acceptors (Lipinski definition) is 0. The first-order valence-corrected chi connectivity index (χ1v) is 0. The van der Waals surface area contributed by atoms with E-state index in [-0.39, 0.29) is 212 Å². The quantitative estimate of drug-likeness (QED) is 0.300. The summed E-state index contributed by atoms with van der Waals surface area (Å²) in [5.41, 5.74) is 0. The average molecular weight is 1160 g/mol. The predicted molar refractivity (Wildman–Crippen MR) is 0 cm³/mol. The van der Waals surface area contributed by atoms with Crippen LogP contribution in [0.4, 0.5) is 0 Å². The van der Waals surface area contributed by atoms with Crippen molar-refractivity contribution in [3.63, 3.8) is 0 Å². The molecule has 0 aromatic heterocycles. The summed E-state index contributed by atoms with van der Waals surface area (Å²) in [6.45, 7) is 0. The van der Waals surface area contributed by atoms with Gasteiger partial charge in [0.05, 0.1) is 0 Å². The summed E-state index contributed by atoms with van der Waals surface area (Å²) < 4.78 is 0. The van der Waals surface area contributed by atoms with Crippen LogP contribution in [-0.2, 0) is 212 Å². The molecule has 81 valence electrons. The minimum atomic E-state index is 0. The Labute approximate surface area is 206 Å². The van der Waals surface area contributed by atoms with Crippen molar-refractivity contribution < 1.29 is 212 Å². The van der Waals surface area contributed by atoms with Crippen LogP contribution in [0.2, 0.25) is 0 Å². The molecule has 0 saturated heterocycles. The van der Waals surface area contributed by atoms with Crippen molar-refractivity contribution in [1.29, 1.82) is 0 Å². The van der Waals surface area contributed by atoms with Gasteiger partial charge in [-0.25, -0.2) is 0 Å². The Hall–Kier alpha value is 7.05. The maximum absolute atomic E-state index is 0. The zero-order valence-corrected chi connectivity index (χ0v) is 24.9. The first kappa shape index (κ1) is 73.1. The summed E-state index contributed by atoms with van der Waals surface area (Å²) in [6, 6.07) is 0. The number of rotatable bonds is 0. The van der Waals surface area contributed by atoms with Gasteiger partial charge < -0.3 is 0 Å². The summed E-state index contributed by atoms with van der Waals surface area (Å²) in [6.07, 6.45) is 0. The molecule has 0 fully saturated rings. The van der Waals surface area contributed by atoms with Crippen LogP contribution in [0, 0.1) is 0 Å². The first-order valence-electron chi connectivity index (χ1n) is 0. The van der Waals surface area contributed by atoms with Gasteiger partial charge in [-0.3, -0.25) is 0 Å². The average Bonchev–Trinajstić information content (AvgIpc) is 0. The second-order valence-corrected chi connectivity index (χ2v) is 0. The van der Waals surface area contributed by atoms with Gasteiger partial charge in [-0.05, 0) is 0 Å². The van der Waals surface area contributed by atoms with E-state index in [1.54, 1.807) is 0 Å². The smallest absolute Gasteiger partial charge is 0 e. The minimum absolute atomic E-state index is 0. The van der Waals surface area contributed by atoms with Crippen molar-refractivity contribution in [1.82, 2.24) is 0 Å². The molecule has 9 heavy (non-hydrogen) atoms. The van der Waals surface area contributed by atoms with Crippen molar-refractivity contribution >= 4 is 0 Å². The van der Waals surface area contributed by atoms with Gasteiger partial charge in [-0.15, -0.1) is 0 Å². The summed E-state index contributed by atoms with van der Waals surface area (Å²) in [5.74, 6) is 0. The molecule has 0 bridgehead atoms. The molecule has 9 heteroatoms. The monoisotopic (exact) mass is 1150 g/mol. The van der Waals surface area contributed by atoms with Gasteiger partial charge in [0.1, 0.15) is 0 Å². The van der Waals surface area contributed by atoms with Crippen LogP contribution in [0.5, 0.6) is 0 Å². The Bertz CT molecular complexity index is 6.88. The molecule has 0 spiro atoms. The molecule has 0 saturated carbocycles. The summed E-state index contributed by atoms with van der Waals surface area (Å²) in [5, 5.41) is 0. The van der Waals surface area contributed by atoms with E-state index in [1.807, 2.05) is 0 Å². The van der Waals surface area contributed by atoms with Gasteiger partial charge in [-0.2, -0.15) is 0 Å². The summed E-state index contributed by atoms with van der Waals surface area (Å²) in [4.78, 5) is 0. The fraction of sp³-hybridized carbons (Fsp3) is 0. The molecule has 0 aromatic carbocycles. The second kappa shape index (κ2) is 59.8. The molecule has 0 N–H and O–H groups in total. The third-order valence-electron chi connectivity index (χ3n) is 0. The van der Waals surface area contributed by atoms with Crippen molar-refractivity contribution in [2.75, 3.05) is 0 Å². The molecule has 0 aliphatic heterocycles. The first-order chi connectivity index (χ1) is 0. The van der Waals surface area contributed by atoms with Gasteiger partial charge in [0.25, 0.3) is 0 Å². The van der Waals surface area contributed by atoms with Gasteiger partial charge in [-0.1, -0.05) is 0 Å². The van der Waals surface area contributed by atoms with Crippen LogP contribution < -0.4 is 0 Å². The van der Waals surface area contributed by atoms with Crippen LogP contribution in [0.1, 0.15) is 0 Å². The fourth-order valence-corrected chi connectivity index (χ4v) is 0. The normalized spacial score (nSPS) is 0. The predicted octanol–water partition coefficient (Wildman–Crippen LogP) is -0.0225. The van der Waals surface area contributed by atoms with Gasteiger partial charge in [0.2, 0.25) is 0 Å². The Morgan fingerprint density at radius 1 is 0.222 bits per heavy atom. The zero-order valence-electron chi connectivity index (χ0n) is 3.52. The molecule has 0 heterocycles. The van der Waals surface area contributed by atoms with E-state index in [1.165, 1.54) is 0 Å². The Kier molecular flexibility index (Phi) is 486. The van der Waals surface area contributed by atoms with E-state index in [0.717, 1.165) is 0 Å². The van der Waals surface area contributed by atoms with Crippen LogP contribution in [0.15, 0.2) is 0 Å². The molecule has 0 aliphatic carbocycles. The van der Waals surface area contributed by atoms with Crippen LogP contribution in [0.3, 0.4) is 0 Å². The largest absolute Gasteiger partial charge is 0 e. The fourth-order valence-electron chi connectivity index (χ4n) is 0. The maximum Gasteiger partial charge on any atom is 0 e. The zero-order chi connectivity index (χ0) is 0. The third-order valence-corrected chi connectivity index (χ3v) is 0. The van der Waals surface area contributed by atoms with E-state index in [4.69, 9.17) is 0 Å². The van der Waals surface area contributed by atoms with Crippen molar-refractivity contribution in [2.45, 2.75) is 0 Å². The minimum Gasteiger partial charge on any atom is 0 e. The Morgan fingerprint density at radius 2 is 0.222 bits per heavy atom. The molecule has 0 nitrogen and oxygen atoms in total. The summed E-state index contributed by atoms with van der Waals surface area (Å²) in [7, 11) is 0. The van der Waals surface area contributed by atoms with Gasteiger partial charge in [0.15, 0.2) is 0 Å². The molecular weight excluding hydrogens is 1160 g/mol. The van der Waals surface area contributed by atoms with E-state index in [0.29, 0.717) is 0 Å². The third kappa shape index (κ3) is 51.6. The van der Waals surface area contributed by atoms with E-state index in [2.05, 4.69) is 0 Å². The van der Waals surface area contributed by atoms with Crippen molar-refractivity contribution in [3.8, 4) is 0 Å². The Morgan fingerprint density at radius 3 is 0.222 bits per heavy atom.